The average molecular weight is 420 g/mol. The Kier molecular flexibility index (Phi) is 6.87. The number of hydrogen-bond donors (Lipinski definition) is 1. The Morgan fingerprint density at radius 1 is 1.17 bits per heavy atom. The van der Waals surface area contributed by atoms with Crippen molar-refractivity contribution in [1.82, 2.24) is 9.62 Å². The predicted octanol–water partition coefficient (Wildman–Crippen LogP) is 2.62. The van der Waals surface area contributed by atoms with Crippen LogP contribution in [0.5, 0.6) is 0 Å². The number of halogens is 1. The van der Waals surface area contributed by atoms with Crippen LogP contribution in [0, 0.1) is 5.82 Å². The second-order valence-electron chi connectivity index (χ2n) is 7.13. The molecule has 6 nitrogen and oxygen atoms in total. The van der Waals surface area contributed by atoms with Crippen molar-refractivity contribution in [2.75, 3.05) is 31.6 Å². The van der Waals surface area contributed by atoms with Crippen molar-refractivity contribution >= 4 is 21.6 Å². The molecule has 1 aliphatic rings. The molecular weight excluding hydrogens is 393 g/mol. The average Bonchev–Trinajstić information content (AvgIpc) is 3.23. The van der Waals surface area contributed by atoms with E-state index in [1.54, 1.807) is 0 Å². The van der Waals surface area contributed by atoms with Crippen molar-refractivity contribution in [2.24, 2.45) is 0 Å². The first-order valence-corrected chi connectivity index (χ1v) is 11.1. The SMILES string of the molecule is CN(CCCNC(=O)[C@H]1CCCN1S(=O)(=O)c1ccc(F)cc1)c1ccccc1. The molecule has 0 unspecified atom stereocenters. The molecule has 0 saturated carbocycles. The smallest absolute Gasteiger partial charge is 0.243 e. The fraction of sp³-hybridized carbons (Fsp3) is 0.381. The highest BCUT2D eigenvalue weighted by Gasteiger charge is 2.39. The van der Waals surface area contributed by atoms with E-state index in [1.165, 1.54) is 16.4 Å². The lowest BCUT2D eigenvalue weighted by molar-refractivity contribution is -0.124. The Morgan fingerprint density at radius 3 is 2.55 bits per heavy atom. The molecule has 1 saturated heterocycles. The monoisotopic (exact) mass is 419 g/mol. The zero-order valence-corrected chi connectivity index (χ0v) is 17.2. The summed E-state index contributed by atoms with van der Waals surface area (Å²) in [6.45, 7) is 1.53. The maximum atomic E-state index is 13.1. The van der Waals surface area contributed by atoms with Gasteiger partial charge in [-0.2, -0.15) is 4.31 Å². The summed E-state index contributed by atoms with van der Waals surface area (Å²) >= 11 is 0. The molecule has 1 N–H and O–H groups in total. The fourth-order valence-electron chi connectivity index (χ4n) is 3.49. The number of hydrogen-bond acceptors (Lipinski definition) is 4. The number of nitrogens with zero attached hydrogens (tertiary/aromatic N) is 2. The molecule has 1 aliphatic heterocycles. The molecule has 1 fully saturated rings. The van der Waals surface area contributed by atoms with Gasteiger partial charge in [-0.1, -0.05) is 18.2 Å². The number of carbonyl (C=O) groups excluding carboxylic acids is 1. The maximum Gasteiger partial charge on any atom is 0.243 e. The van der Waals surface area contributed by atoms with Gasteiger partial charge in [0.2, 0.25) is 15.9 Å². The number of amides is 1. The molecular formula is C21H26FN3O3S. The van der Waals surface area contributed by atoms with Crippen LogP contribution in [0.25, 0.3) is 0 Å². The van der Waals surface area contributed by atoms with E-state index >= 15 is 0 Å². The highest BCUT2D eigenvalue weighted by Crippen LogP contribution is 2.26. The third kappa shape index (κ3) is 5.13. The van der Waals surface area contributed by atoms with Crippen LogP contribution in [0.2, 0.25) is 0 Å². The van der Waals surface area contributed by atoms with Crippen LogP contribution in [0.3, 0.4) is 0 Å². The Morgan fingerprint density at radius 2 is 1.86 bits per heavy atom. The van der Waals surface area contributed by atoms with Gasteiger partial charge >= 0.3 is 0 Å². The van der Waals surface area contributed by atoms with Gasteiger partial charge in [0.1, 0.15) is 11.9 Å². The molecule has 0 aliphatic carbocycles. The minimum Gasteiger partial charge on any atom is -0.375 e. The summed E-state index contributed by atoms with van der Waals surface area (Å²) in [5.41, 5.74) is 1.10. The largest absolute Gasteiger partial charge is 0.375 e. The Balaban J connectivity index is 1.54. The molecule has 2 aromatic rings. The molecule has 0 aromatic heterocycles. The van der Waals surface area contributed by atoms with E-state index in [2.05, 4.69) is 10.2 Å². The molecule has 0 bridgehead atoms. The van der Waals surface area contributed by atoms with E-state index in [0.29, 0.717) is 19.4 Å². The zero-order valence-electron chi connectivity index (χ0n) is 16.4. The number of nitrogens with one attached hydrogen (secondary N) is 1. The molecule has 1 atom stereocenters. The van der Waals surface area contributed by atoms with E-state index in [9.17, 15) is 17.6 Å². The number of anilines is 1. The lowest BCUT2D eigenvalue weighted by Gasteiger charge is -2.24. The zero-order chi connectivity index (χ0) is 20.9. The molecule has 0 radical (unpaired) electrons. The minimum atomic E-state index is -3.83. The number of benzene rings is 2. The van der Waals surface area contributed by atoms with Crippen LogP contribution in [-0.2, 0) is 14.8 Å². The second kappa shape index (κ2) is 9.37. The van der Waals surface area contributed by atoms with Crippen LogP contribution in [0.4, 0.5) is 10.1 Å². The maximum absolute atomic E-state index is 13.1. The van der Waals surface area contributed by atoms with Crippen molar-refractivity contribution in [1.29, 1.82) is 0 Å². The normalized spacial score (nSPS) is 17.2. The molecule has 0 spiro atoms. The predicted molar refractivity (Wildman–Crippen MR) is 111 cm³/mol. The number of carbonyl (C=O) groups is 1. The minimum absolute atomic E-state index is 0.00286. The van der Waals surface area contributed by atoms with Crippen LogP contribution < -0.4 is 10.2 Å². The standard InChI is InChI=1S/C21H26FN3O3S/c1-24(18-7-3-2-4-8-18)15-6-14-23-21(26)20-9-5-16-25(20)29(27,28)19-12-10-17(22)11-13-19/h2-4,7-8,10-13,20H,5-6,9,14-16H2,1H3,(H,23,26)/t20-/m1/s1. The lowest BCUT2D eigenvalue weighted by atomic mass is 10.2. The first-order chi connectivity index (χ1) is 13.9. The van der Waals surface area contributed by atoms with Crippen molar-refractivity contribution in [3.63, 3.8) is 0 Å². The Hall–Kier alpha value is -2.45. The van der Waals surface area contributed by atoms with Gasteiger partial charge in [-0.15, -0.1) is 0 Å². The molecule has 3 rings (SSSR count). The van der Waals surface area contributed by atoms with Gasteiger partial charge in [-0.3, -0.25) is 4.79 Å². The summed E-state index contributed by atoms with van der Waals surface area (Å²) in [5.74, 6) is -0.782. The van der Waals surface area contributed by atoms with Crippen molar-refractivity contribution in [3.05, 3.63) is 60.4 Å². The summed E-state index contributed by atoms with van der Waals surface area (Å²) in [4.78, 5) is 14.7. The molecule has 156 valence electrons. The molecule has 1 amide bonds. The Labute approximate surface area is 171 Å². The van der Waals surface area contributed by atoms with Gasteiger partial charge in [0.25, 0.3) is 0 Å². The van der Waals surface area contributed by atoms with Crippen molar-refractivity contribution < 1.29 is 17.6 Å². The van der Waals surface area contributed by atoms with Crippen LogP contribution in [-0.4, -0.2) is 51.4 Å². The van der Waals surface area contributed by atoms with Gasteiger partial charge in [-0.05, 0) is 55.7 Å². The van der Waals surface area contributed by atoms with E-state index in [1.807, 2.05) is 37.4 Å². The summed E-state index contributed by atoms with van der Waals surface area (Å²) in [6.07, 6.45) is 1.85. The molecule has 8 heteroatoms. The van der Waals surface area contributed by atoms with Crippen LogP contribution in [0.1, 0.15) is 19.3 Å². The van der Waals surface area contributed by atoms with Gasteiger partial charge in [0.15, 0.2) is 0 Å². The molecule has 2 aromatic carbocycles. The van der Waals surface area contributed by atoms with E-state index in [0.717, 1.165) is 30.8 Å². The van der Waals surface area contributed by atoms with Gasteiger partial charge < -0.3 is 10.2 Å². The quantitative estimate of drug-likeness (QED) is 0.668. The number of para-hydroxylation sites is 1. The molecule has 1 heterocycles. The highest BCUT2D eigenvalue weighted by molar-refractivity contribution is 7.89. The van der Waals surface area contributed by atoms with Gasteiger partial charge in [0, 0.05) is 32.4 Å². The highest BCUT2D eigenvalue weighted by atomic mass is 32.2. The van der Waals surface area contributed by atoms with Crippen molar-refractivity contribution in [3.8, 4) is 0 Å². The number of rotatable bonds is 8. The fourth-order valence-corrected chi connectivity index (χ4v) is 5.15. The summed E-state index contributed by atoms with van der Waals surface area (Å²) in [6, 6.07) is 13.9. The van der Waals surface area contributed by atoms with Gasteiger partial charge in [-0.25, -0.2) is 12.8 Å². The Bertz CT molecular complexity index is 920. The number of sulfonamides is 1. The first kappa shape index (κ1) is 21.3. The topological polar surface area (TPSA) is 69.7 Å². The van der Waals surface area contributed by atoms with Crippen LogP contribution >= 0.6 is 0 Å². The third-order valence-corrected chi connectivity index (χ3v) is 7.02. The van der Waals surface area contributed by atoms with E-state index in [4.69, 9.17) is 0 Å². The van der Waals surface area contributed by atoms with E-state index < -0.39 is 21.9 Å². The van der Waals surface area contributed by atoms with E-state index in [-0.39, 0.29) is 17.3 Å². The third-order valence-electron chi connectivity index (χ3n) is 5.09. The summed E-state index contributed by atoms with van der Waals surface area (Å²) < 4.78 is 40.1. The second-order valence-corrected chi connectivity index (χ2v) is 9.02. The van der Waals surface area contributed by atoms with Crippen LogP contribution in [0.15, 0.2) is 59.5 Å². The lowest BCUT2D eigenvalue weighted by Crippen LogP contribution is -2.46. The first-order valence-electron chi connectivity index (χ1n) is 9.71. The summed E-state index contributed by atoms with van der Waals surface area (Å²) in [5, 5.41) is 2.86. The summed E-state index contributed by atoms with van der Waals surface area (Å²) in [7, 11) is -1.84. The van der Waals surface area contributed by atoms with Gasteiger partial charge in [0.05, 0.1) is 4.90 Å². The van der Waals surface area contributed by atoms with Crippen molar-refractivity contribution in [2.45, 2.75) is 30.2 Å². The molecule has 29 heavy (non-hydrogen) atoms.